The zero-order valence-corrected chi connectivity index (χ0v) is 6.69. The quantitative estimate of drug-likeness (QED) is 0.477. The molecule has 12 heavy (non-hydrogen) atoms. The maximum atomic E-state index is 12.2. The van der Waals surface area contributed by atoms with Gasteiger partial charge in [0.1, 0.15) is 0 Å². The molecule has 72 valence electrons. The molecular weight excluding hydrogens is 169 g/mol. The third-order valence-corrected chi connectivity index (χ3v) is 2.37. The lowest BCUT2D eigenvalue weighted by molar-refractivity contribution is -0.183. The third-order valence-electron chi connectivity index (χ3n) is 2.37. The van der Waals surface area contributed by atoms with E-state index >= 15 is 0 Å². The zero-order chi connectivity index (χ0) is 9.19. The Balaban J connectivity index is 2.46. The molecule has 0 aromatic rings. The number of hydrogen-bond acceptors (Lipinski definition) is 2. The first-order valence-electron chi connectivity index (χ1n) is 4.07. The number of alkyl halides is 3. The molecule has 0 aliphatic heterocycles. The molecule has 0 saturated heterocycles. The Morgan fingerprint density at radius 3 is 2.42 bits per heavy atom. The van der Waals surface area contributed by atoms with Crippen LogP contribution in [0.25, 0.3) is 0 Å². The van der Waals surface area contributed by atoms with E-state index in [9.17, 15) is 13.2 Å². The van der Waals surface area contributed by atoms with Gasteiger partial charge in [-0.15, -0.1) is 0 Å². The van der Waals surface area contributed by atoms with Gasteiger partial charge in [-0.25, -0.2) is 0 Å². The second-order valence-corrected chi connectivity index (χ2v) is 3.27. The smallest absolute Gasteiger partial charge is 0.271 e. The monoisotopic (exact) mass is 182 g/mol. The average molecular weight is 182 g/mol. The van der Waals surface area contributed by atoms with Gasteiger partial charge >= 0.3 is 6.18 Å². The van der Waals surface area contributed by atoms with E-state index in [0.717, 1.165) is 6.42 Å². The van der Waals surface area contributed by atoms with Gasteiger partial charge in [0, 0.05) is 6.04 Å². The fourth-order valence-corrected chi connectivity index (χ4v) is 1.64. The largest absolute Gasteiger partial charge is 0.391 e. The summed E-state index contributed by atoms with van der Waals surface area (Å²) in [6.45, 7) is 0. The Morgan fingerprint density at radius 1 is 1.25 bits per heavy atom. The highest BCUT2D eigenvalue weighted by molar-refractivity contribution is 4.80. The summed E-state index contributed by atoms with van der Waals surface area (Å²) in [4.78, 5) is 0. The molecule has 2 atom stereocenters. The van der Waals surface area contributed by atoms with Gasteiger partial charge in [0.25, 0.3) is 0 Å². The molecule has 3 N–H and O–H groups in total. The highest BCUT2D eigenvalue weighted by Gasteiger charge is 2.41. The second-order valence-electron chi connectivity index (χ2n) is 3.27. The summed E-state index contributed by atoms with van der Waals surface area (Å²) in [5, 5.41) is 0. The highest BCUT2D eigenvalue weighted by atomic mass is 19.4. The Bertz CT molecular complexity index is 146. The van der Waals surface area contributed by atoms with Crippen molar-refractivity contribution in [1.82, 2.24) is 5.43 Å². The Hall–Kier alpha value is -0.290. The lowest BCUT2D eigenvalue weighted by atomic mass is 9.85. The van der Waals surface area contributed by atoms with Gasteiger partial charge in [0.2, 0.25) is 0 Å². The SMILES string of the molecule is NN[C@@H]1CCC[C@@H](C(F)(F)F)C1. The van der Waals surface area contributed by atoms with E-state index in [1.165, 1.54) is 0 Å². The highest BCUT2D eigenvalue weighted by Crippen LogP contribution is 2.37. The summed E-state index contributed by atoms with van der Waals surface area (Å²) in [5.74, 6) is 3.93. The number of hydrogen-bond donors (Lipinski definition) is 2. The van der Waals surface area contributed by atoms with Crippen LogP contribution in [0.15, 0.2) is 0 Å². The van der Waals surface area contributed by atoms with Gasteiger partial charge < -0.3 is 0 Å². The molecule has 1 fully saturated rings. The lowest BCUT2D eigenvalue weighted by Gasteiger charge is -2.29. The molecule has 1 rings (SSSR count). The van der Waals surface area contributed by atoms with Crippen molar-refractivity contribution in [3.8, 4) is 0 Å². The predicted molar refractivity (Wildman–Crippen MR) is 39.1 cm³/mol. The standard InChI is InChI=1S/C7H13F3N2/c8-7(9,10)5-2-1-3-6(4-5)12-11/h5-6,12H,1-4,11H2/t5-,6-/m1/s1. The van der Waals surface area contributed by atoms with Crippen LogP contribution in [0.2, 0.25) is 0 Å². The Kier molecular flexibility index (Phi) is 2.95. The van der Waals surface area contributed by atoms with Crippen molar-refractivity contribution in [1.29, 1.82) is 0 Å². The molecule has 0 aromatic carbocycles. The normalized spacial score (nSPS) is 32.0. The fraction of sp³-hybridized carbons (Fsp3) is 1.00. The van der Waals surface area contributed by atoms with Crippen molar-refractivity contribution in [3.63, 3.8) is 0 Å². The van der Waals surface area contributed by atoms with Gasteiger partial charge in [-0.05, 0) is 19.3 Å². The molecule has 1 aliphatic carbocycles. The van der Waals surface area contributed by atoms with Crippen LogP contribution in [0.1, 0.15) is 25.7 Å². The van der Waals surface area contributed by atoms with Gasteiger partial charge in [-0.2, -0.15) is 13.2 Å². The van der Waals surface area contributed by atoms with E-state index in [0.29, 0.717) is 6.42 Å². The van der Waals surface area contributed by atoms with Crippen molar-refractivity contribution in [2.24, 2.45) is 11.8 Å². The van der Waals surface area contributed by atoms with Crippen molar-refractivity contribution < 1.29 is 13.2 Å². The van der Waals surface area contributed by atoms with Crippen LogP contribution in [0, 0.1) is 5.92 Å². The molecule has 0 radical (unpaired) electrons. The predicted octanol–water partition coefficient (Wildman–Crippen LogP) is 1.57. The van der Waals surface area contributed by atoms with Gasteiger partial charge in [0.15, 0.2) is 0 Å². The molecular formula is C7H13F3N2. The molecule has 1 saturated carbocycles. The molecule has 1 aliphatic rings. The summed E-state index contributed by atoms with van der Waals surface area (Å²) < 4.78 is 36.5. The van der Waals surface area contributed by atoms with E-state index in [2.05, 4.69) is 5.43 Å². The first-order chi connectivity index (χ1) is 5.54. The van der Waals surface area contributed by atoms with Gasteiger partial charge in [-0.3, -0.25) is 11.3 Å². The topological polar surface area (TPSA) is 38.0 Å². The number of rotatable bonds is 1. The number of nitrogens with two attached hydrogens (primary N) is 1. The summed E-state index contributed by atoms with van der Waals surface area (Å²) in [6.07, 6.45) is -2.31. The van der Waals surface area contributed by atoms with Gasteiger partial charge in [0.05, 0.1) is 5.92 Å². The van der Waals surface area contributed by atoms with Crippen LogP contribution in [0.5, 0.6) is 0 Å². The first-order valence-corrected chi connectivity index (χ1v) is 4.07. The third kappa shape index (κ3) is 2.35. The number of hydrazine groups is 1. The molecule has 0 bridgehead atoms. The molecule has 5 heteroatoms. The molecule has 0 amide bonds. The van der Waals surface area contributed by atoms with Crippen LogP contribution in [-0.2, 0) is 0 Å². The minimum Gasteiger partial charge on any atom is -0.271 e. The van der Waals surface area contributed by atoms with Crippen LogP contribution in [0.3, 0.4) is 0 Å². The zero-order valence-electron chi connectivity index (χ0n) is 6.69. The maximum absolute atomic E-state index is 12.2. The summed E-state index contributed by atoms with van der Waals surface area (Å²) in [6, 6.07) is -0.162. The Labute approximate surface area is 69.3 Å². The molecule has 0 unspecified atom stereocenters. The van der Waals surface area contributed by atoms with E-state index in [4.69, 9.17) is 5.84 Å². The van der Waals surface area contributed by atoms with Crippen LogP contribution in [-0.4, -0.2) is 12.2 Å². The van der Waals surface area contributed by atoms with Crippen molar-refractivity contribution in [2.45, 2.75) is 37.9 Å². The number of nitrogens with one attached hydrogen (secondary N) is 1. The lowest BCUT2D eigenvalue weighted by Crippen LogP contribution is -2.41. The second kappa shape index (κ2) is 3.62. The van der Waals surface area contributed by atoms with E-state index in [-0.39, 0.29) is 18.9 Å². The minimum absolute atomic E-state index is 0.125. The fourth-order valence-electron chi connectivity index (χ4n) is 1.64. The van der Waals surface area contributed by atoms with Crippen molar-refractivity contribution in [2.75, 3.05) is 0 Å². The molecule has 2 nitrogen and oxygen atoms in total. The summed E-state index contributed by atoms with van der Waals surface area (Å²) >= 11 is 0. The van der Waals surface area contributed by atoms with Crippen LogP contribution >= 0.6 is 0 Å². The molecule has 0 spiro atoms. The minimum atomic E-state index is -4.05. The van der Waals surface area contributed by atoms with Crippen LogP contribution < -0.4 is 11.3 Å². The number of halogens is 3. The van der Waals surface area contributed by atoms with Gasteiger partial charge in [-0.1, -0.05) is 6.42 Å². The van der Waals surface area contributed by atoms with Crippen LogP contribution in [0.4, 0.5) is 13.2 Å². The van der Waals surface area contributed by atoms with Crippen molar-refractivity contribution >= 4 is 0 Å². The average Bonchev–Trinajstić information content (AvgIpc) is 2.03. The molecule has 0 heterocycles. The summed E-state index contributed by atoms with van der Waals surface area (Å²) in [5.41, 5.74) is 2.41. The van der Waals surface area contributed by atoms with E-state index in [1.807, 2.05) is 0 Å². The first kappa shape index (κ1) is 9.80. The molecule has 0 aromatic heterocycles. The van der Waals surface area contributed by atoms with E-state index in [1.54, 1.807) is 0 Å². The summed E-state index contributed by atoms with van der Waals surface area (Å²) in [7, 11) is 0. The van der Waals surface area contributed by atoms with Crippen molar-refractivity contribution in [3.05, 3.63) is 0 Å². The Morgan fingerprint density at radius 2 is 1.92 bits per heavy atom. The van der Waals surface area contributed by atoms with E-state index < -0.39 is 12.1 Å². The maximum Gasteiger partial charge on any atom is 0.391 e.